The van der Waals surface area contributed by atoms with Gasteiger partial charge in [-0.25, -0.2) is 0 Å². The third-order valence-electron chi connectivity index (χ3n) is 1.16. The lowest BCUT2D eigenvalue weighted by atomic mass is 10.2. The molecule has 11 heavy (non-hydrogen) atoms. The molecule has 0 heterocycles. The molecule has 58 valence electrons. The molecule has 0 aliphatic carbocycles. The summed E-state index contributed by atoms with van der Waals surface area (Å²) < 4.78 is 0.543. The molecule has 4 heteroatoms. The van der Waals surface area contributed by atoms with Crippen LogP contribution < -0.4 is 0 Å². The lowest BCUT2D eigenvalue weighted by Crippen LogP contribution is -1.89. The normalized spacial score (nSPS) is 9.73. The molecule has 0 saturated heterocycles. The smallest absolute Gasteiger partial charge is 0.253 e. The lowest BCUT2D eigenvalue weighted by Gasteiger charge is -1.98. The largest absolute Gasteiger partial charge is 0.276 e. The molecule has 0 amide bonds. The number of carbonyl (C=O) groups excluding carboxylic acids is 1. The molecule has 0 bridgehead atoms. The Labute approximate surface area is 82.4 Å². The minimum absolute atomic E-state index is 0.388. The first-order valence-corrected chi connectivity index (χ1v) is 4.31. The number of halogens is 3. The van der Waals surface area contributed by atoms with Crippen LogP contribution in [0, 0.1) is 0 Å². The third-order valence-corrected chi connectivity index (χ3v) is 2.76. The number of hydrogen-bond acceptors (Lipinski definition) is 1. The SMILES string of the molecule is O=C(Cl)c1cccc(Cl)c1Br. The van der Waals surface area contributed by atoms with Crippen molar-refractivity contribution in [3.8, 4) is 0 Å². The minimum Gasteiger partial charge on any atom is -0.276 e. The maximum absolute atomic E-state index is 10.7. The predicted octanol–water partition coefficient (Wildman–Crippen LogP) is 3.48. The van der Waals surface area contributed by atoms with Crippen LogP contribution in [0.15, 0.2) is 22.7 Å². The maximum Gasteiger partial charge on any atom is 0.253 e. The van der Waals surface area contributed by atoms with E-state index in [1.807, 2.05) is 0 Å². The fraction of sp³-hybridized carbons (Fsp3) is 0. The van der Waals surface area contributed by atoms with E-state index < -0.39 is 5.24 Å². The van der Waals surface area contributed by atoms with Gasteiger partial charge in [-0.1, -0.05) is 17.7 Å². The molecule has 1 rings (SSSR count). The zero-order chi connectivity index (χ0) is 8.43. The summed E-state index contributed by atoms with van der Waals surface area (Å²) in [6.45, 7) is 0. The Balaban J connectivity index is 3.27. The van der Waals surface area contributed by atoms with Gasteiger partial charge < -0.3 is 0 Å². The molecule has 0 unspecified atom stereocenters. The molecular formula is C7H3BrCl2O. The van der Waals surface area contributed by atoms with E-state index in [0.717, 1.165) is 0 Å². The van der Waals surface area contributed by atoms with Crippen molar-refractivity contribution < 1.29 is 4.79 Å². The van der Waals surface area contributed by atoms with Crippen molar-refractivity contribution >= 4 is 44.4 Å². The molecule has 1 nitrogen and oxygen atoms in total. The summed E-state index contributed by atoms with van der Waals surface area (Å²) in [6, 6.07) is 4.95. The number of hydrogen-bond donors (Lipinski definition) is 0. The fourth-order valence-electron chi connectivity index (χ4n) is 0.656. The van der Waals surface area contributed by atoms with Crippen molar-refractivity contribution in [2.75, 3.05) is 0 Å². The quantitative estimate of drug-likeness (QED) is 0.701. The van der Waals surface area contributed by atoms with E-state index in [-0.39, 0.29) is 0 Å². The van der Waals surface area contributed by atoms with Crippen LogP contribution >= 0.6 is 39.1 Å². The van der Waals surface area contributed by atoms with Crippen LogP contribution in [-0.4, -0.2) is 5.24 Å². The Bertz CT molecular complexity index is 298. The molecule has 0 aromatic heterocycles. The summed E-state index contributed by atoms with van der Waals surface area (Å²) in [5.74, 6) is 0. The molecule has 0 radical (unpaired) electrons. The average Bonchev–Trinajstić information content (AvgIpc) is 1.94. The van der Waals surface area contributed by atoms with Gasteiger partial charge in [0.2, 0.25) is 0 Å². The van der Waals surface area contributed by atoms with E-state index >= 15 is 0 Å². The highest BCUT2D eigenvalue weighted by atomic mass is 79.9. The number of rotatable bonds is 1. The van der Waals surface area contributed by atoms with Crippen LogP contribution in [0.2, 0.25) is 5.02 Å². The molecule has 0 aliphatic heterocycles. The third kappa shape index (κ3) is 1.95. The van der Waals surface area contributed by atoms with Crippen LogP contribution in [0.1, 0.15) is 10.4 Å². The van der Waals surface area contributed by atoms with E-state index in [2.05, 4.69) is 15.9 Å². The summed E-state index contributed by atoms with van der Waals surface area (Å²) in [7, 11) is 0. The standard InChI is InChI=1S/C7H3BrCl2O/c8-6-4(7(10)11)2-1-3-5(6)9/h1-3H. The first-order valence-electron chi connectivity index (χ1n) is 2.77. The van der Waals surface area contributed by atoms with Crippen molar-refractivity contribution in [1.82, 2.24) is 0 Å². The summed E-state index contributed by atoms with van der Waals surface area (Å²) in [4.78, 5) is 10.7. The Morgan fingerprint density at radius 1 is 1.45 bits per heavy atom. The zero-order valence-corrected chi connectivity index (χ0v) is 8.37. The first kappa shape index (κ1) is 9.04. The predicted molar refractivity (Wildman–Crippen MR) is 49.3 cm³/mol. The van der Waals surface area contributed by atoms with Gasteiger partial charge in [-0.2, -0.15) is 0 Å². The van der Waals surface area contributed by atoms with Crippen molar-refractivity contribution in [1.29, 1.82) is 0 Å². The molecule has 0 fully saturated rings. The number of benzene rings is 1. The highest BCUT2D eigenvalue weighted by Crippen LogP contribution is 2.26. The summed E-state index contributed by atoms with van der Waals surface area (Å²) in [5, 5.41) is -0.0316. The van der Waals surface area contributed by atoms with Crippen LogP contribution in [0.25, 0.3) is 0 Å². The van der Waals surface area contributed by atoms with E-state index in [0.29, 0.717) is 15.1 Å². The van der Waals surface area contributed by atoms with Gasteiger partial charge in [0.05, 0.1) is 5.02 Å². The van der Waals surface area contributed by atoms with Gasteiger partial charge in [0.25, 0.3) is 5.24 Å². The molecule has 1 aromatic carbocycles. The van der Waals surface area contributed by atoms with Gasteiger partial charge in [0, 0.05) is 10.0 Å². The Morgan fingerprint density at radius 2 is 2.09 bits per heavy atom. The van der Waals surface area contributed by atoms with Crippen LogP contribution in [0.5, 0.6) is 0 Å². The summed E-state index contributed by atoms with van der Waals surface area (Å²) in [5.41, 5.74) is 0.388. The van der Waals surface area contributed by atoms with Crippen LogP contribution in [0.4, 0.5) is 0 Å². The summed E-state index contributed by atoms with van der Waals surface area (Å²) >= 11 is 14.1. The van der Waals surface area contributed by atoms with E-state index in [1.165, 1.54) is 0 Å². The van der Waals surface area contributed by atoms with Crippen LogP contribution in [-0.2, 0) is 0 Å². The van der Waals surface area contributed by atoms with E-state index in [1.54, 1.807) is 18.2 Å². The van der Waals surface area contributed by atoms with E-state index in [4.69, 9.17) is 23.2 Å². The van der Waals surface area contributed by atoms with Gasteiger partial charge in [-0.15, -0.1) is 0 Å². The zero-order valence-electron chi connectivity index (χ0n) is 5.27. The van der Waals surface area contributed by atoms with Crippen molar-refractivity contribution in [2.45, 2.75) is 0 Å². The Hall–Kier alpha value is -0.0500. The highest BCUT2D eigenvalue weighted by Gasteiger charge is 2.08. The fourth-order valence-corrected chi connectivity index (χ4v) is 1.55. The second-order valence-electron chi connectivity index (χ2n) is 1.88. The van der Waals surface area contributed by atoms with E-state index in [9.17, 15) is 4.79 Å². The second kappa shape index (κ2) is 3.57. The average molecular weight is 254 g/mol. The summed E-state index contributed by atoms with van der Waals surface area (Å²) in [6.07, 6.45) is 0. The van der Waals surface area contributed by atoms with Gasteiger partial charge >= 0.3 is 0 Å². The molecule has 1 aromatic rings. The van der Waals surface area contributed by atoms with Crippen molar-refractivity contribution in [3.63, 3.8) is 0 Å². The van der Waals surface area contributed by atoms with Crippen molar-refractivity contribution in [3.05, 3.63) is 33.3 Å². The highest BCUT2D eigenvalue weighted by molar-refractivity contribution is 9.10. The molecule has 0 saturated carbocycles. The first-order chi connectivity index (χ1) is 5.13. The van der Waals surface area contributed by atoms with Gasteiger partial charge in [0.15, 0.2) is 0 Å². The topological polar surface area (TPSA) is 17.1 Å². The second-order valence-corrected chi connectivity index (χ2v) is 3.42. The Morgan fingerprint density at radius 3 is 2.55 bits per heavy atom. The monoisotopic (exact) mass is 252 g/mol. The van der Waals surface area contributed by atoms with Gasteiger partial charge in [-0.05, 0) is 39.7 Å². The molecule has 0 atom stereocenters. The Kier molecular flexibility index (Phi) is 2.93. The molecule has 0 spiro atoms. The molecule has 0 aliphatic rings. The minimum atomic E-state index is -0.514. The van der Waals surface area contributed by atoms with Gasteiger partial charge in [-0.3, -0.25) is 4.79 Å². The van der Waals surface area contributed by atoms with Crippen molar-refractivity contribution in [2.24, 2.45) is 0 Å². The molecule has 0 N–H and O–H groups in total. The molecular weight excluding hydrogens is 251 g/mol. The van der Waals surface area contributed by atoms with Crippen LogP contribution in [0.3, 0.4) is 0 Å². The maximum atomic E-state index is 10.7. The number of carbonyl (C=O) groups is 1. The van der Waals surface area contributed by atoms with Gasteiger partial charge in [0.1, 0.15) is 0 Å². The lowest BCUT2D eigenvalue weighted by molar-refractivity contribution is 0.108.